The molecule has 0 radical (unpaired) electrons. The number of guanidine groups is 1. The standard InChI is InChI=1S/C11H21N5O5/c1-14-10(21)7(3-2-4-15-11(12)13)16(5-8(17)18)6-9(19)20/h7H,2-6H2,1H3,(H,14,21)(H,17,18)(H,19,20)(H4,12,13,15)/t7-/m0/s1. The van der Waals surface area contributed by atoms with Gasteiger partial charge < -0.3 is 27.0 Å². The van der Waals surface area contributed by atoms with Crippen molar-refractivity contribution in [1.29, 1.82) is 0 Å². The van der Waals surface area contributed by atoms with Gasteiger partial charge >= 0.3 is 11.9 Å². The SMILES string of the molecule is CNC(=O)[C@H](CCCN=C(N)N)N(CC(=O)O)CC(=O)O. The van der Waals surface area contributed by atoms with Gasteiger partial charge in [-0.25, -0.2) is 0 Å². The number of carbonyl (C=O) groups excluding carboxylic acids is 1. The van der Waals surface area contributed by atoms with Crippen LogP contribution in [-0.4, -0.2) is 71.6 Å². The Balaban J connectivity index is 4.86. The summed E-state index contributed by atoms with van der Waals surface area (Å²) in [6.07, 6.45) is 0.642. The van der Waals surface area contributed by atoms with Crippen LogP contribution in [-0.2, 0) is 14.4 Å². The van der Waals surface area contributed by atoms with E-state index in [1.807, 2.05) is 0 Å². The van der Waals surface area contributed by atoms with Gasteiger partial charge in [-0.3, -0.25) is 24.3 Å². The molecule has 0 aromatic rings. The van der Waals surface area contributed by atoms with Crippen molar-refractivity contribution in [3.63, 3.8) is 0 Å². The maximum atomic E-state index is 11.8. The third-order valence-corrected chi connectivity index (χ3v) is 2.60. The van der Waals surface area contributed by atoms with Gasteiger partial charge in [0, 0.05) is 13.6 Å². The Morgan fingerprint density at radius 2 is 1.71 bits per heavy atom. The third-order valence-electron chi connectivity index (χ3n) is 2.60. The van der Waals surface area contributed by atoms with Gasteiger partial charge in [0.25, 0.3) is 0 Å². The molecule has 1 amide bonds. The largest absolute Gasteiger partial charge is 0.480 e. The molecule has 0 aliphatic rings. The van der Waals surface area contributed by atoms with Crippen LogP contribution >= 0.6 is 0 Å². The first-order valence-electron chi connectivity index (χ1n) is 6.22. The molecule has 0 aliphatic heterocycles. The van der Waals surface area contributed by atoms with Crippen LogP contribution in [0.3, 0.4) is 0 Å². The minimum atomic E-state index is -1.21. The van der Waals surface area contributed by atoms with Gasteiger partial charge in [-0.2, -0.15) is 0 Å². The third kappa shape index (κ3) is 8.42. The van der Waals surface area contributed by atoms with Crippen molar-refractivity contribution < 1.29 is 24.6 Å². The van der Waals surface area contributed by atoms with Crippen molar-refractivity contribution in [3.05, 3.63) is 0 Å². The van der Waals surface area contributed by atoms with Gasteiger partial charge in [-0.15, -0.1) is 0 Å². The number of nitrogens with one attached hydrogen (secondary N) is 1. The highest BCUT2D eigenvalue weighted by molar-refractivity contribution is 5.83. The molecule has 0 saturated carbocycles. The number of nitrogens with two attached hydrogens (primary N) is 2. The normalized spacial score (nSPS) is 11.7. The number of likely N-dealkylation sites (N-methyl/N-ethyl adjacent to an activating group) is 1. The smallest absolute Gasteiger partial charge is 0.317 e. The first kappa shape index (κ1) is 18.6. The van der Waals surface area contributed by atoms with Gasteiger partial charge in [-0.1, -0.05) is 0 Å². The van der Waals surface area contributed by atoms with Gasteiger partial charge in [0.2, 0.25) is 5.91 Å². The van der Waals surface area contributed by atoms with E-state index in [-0.39, 0.29) is 18.9 Å². The molecule has 0 aromatic carbocycles. The summed E-state index contributed by atoms with van der Waals surface area (Å²) in [6, 6.07) is -0.878. The van der Waals surface area contributed by atoms with E-state index >= 15 is 0 Å². The zero-order valence-electron chi connectivity index (χ0n) is 11.8. The number of nitrogens with zero attached hydrogens (tertiary/aromatic N) is 2. The predicted octanol–water partition coefficient (Wildman–Crippen LogP) is -2.37. The van der Waals surface area contributed by atoms with Crippen molar-refractivity contribution in [3.8, 4) is 0 Å². The Morgan fingerprint density at radius 3 is 2.10 bits per heavy atom. The molecule has 0 saturated heterocycles. The van der Waals surface area contributed by atoms with Crippen molar-refractivity contribution in [2.24, 2.45) is 16.5 Å². The molecule has 0 aliphatic carbocycles. The van der Waals surface area contributed by atoms with Crippen LogP contribution in [0.15, 0.2) is 4.99 Å². The number of carboxylic acids is 2. The molecule has 0 aromatic heterocycles. The molecule has 7 N–H and O–H groups in total. The summed E-state index contributed by atoms with van der Waals surface area (Å²) >= 11 is 0. The lowest BCUT2D eigenvalue weighted by atomic mass is 10.1. The Kier molecular flexibility index (Phi) is 8.46. The first-order chi connectivity index (χ1) is 9.77. The lowest BCUT2D eigenvalue weighted by Gasteiger charge is -2.27. The van der Waals surface area contributed by atoms with E-state index in [2.05, 4.69) is 10.3 Å². The molecule has 0 bridgehead atoms. The monoisotopic (exact) mass is 303 g/mol. The second kappa shape index (κ2) is 9.53. The number of amides is 1. The lowest BCUT2D eigenvalue weighted by molar-refractivity contribution is -0.144. The summed E-state index contributed by atoms with van der Waals surface area (Å²) < 4.78 is 0. The molecule has 0 unspecified atom stereocenters. The zero-order chi connectivity index (χ0) is 16.4. The number of carboxylic acid groups (broad SMARTS) is 2. The Labute approximate surface area is 121 Å². The van der Waals surface area contributed by atoms with Crippen molar-refractivity contribution >= 4 is 23.8 Å². The second-order valence-electron chi connectivity index (χ2n) is 4.27. The van der Waals surface area contributed by atoms with Crippen LogP contribution in [0.4, 0.5) is 0 Å². The fourth-order valence-electron chi connectivity index (χ4n) is 1.76. The quantitative estimate of drug-likeness (QED) is 0.169. The first-order valence-corrected chi connectivity index (χ1v) is 6.22. The number of hydrogen-bond donors (Lipinski definition) is 5. The number of rotatable bonds is 10. The number of carbonyl (C=O) groups is 3. The van der Waals surface area contributed by atoms with Crippen LogP contribution in [0, 0.1) is 0 Å². The maximum Gasteiger partial charge on any atom is 0.317 e. The van der Waals surface area contributed by atoms with E-state index in [9.17, 15) is 14.4 Å². The van der Waals surface area contributed by atoms with E-state index in [0.29, 0.717) is 6.42 Å². The number of aliphatic imine (C=N–C) groups is 1. The summed E-state index contributed by atoms with van der Waals surface area (Å²) in [4.78, 5) is 38.3. The predicted molar refractivity (Wildman–Crippen MR) is 74.6 cm³/mol. The fraction of sp³-hybridized carbons (Fsp3) is 0.636. The number of hydrogen-bond acceptors (Lipinski definition) is 5. The summed E-state index contributed by atoms with van der Waals surface area (Å²) in [5.74, 6) is -2.97. The van der Waals surface area contributed by atoms with Gasteiger partial charge in [0.15, 0.2) is 5.96 Å². The summed E-state index contributed by atoms with van der Waals surface area (Å²) in [6.45, 7) is -0.830. The molecule has 1 atom stereocenters. The van der Waals surface area contributed by atoms with Gasteiger partial charge in [-0.05, 0) is 12.8 Å². The number of aliphatic carboxylic acids is 2. The van der Waals surface area contributed by atoms with E-state index in [0.717, 1.165) is 4.90 Å². The highest BCUT2D eigenvalue weighted by Gasteiger charge is 2.28. The summed E-state index contributed by atoms with van der Waals surface area (Å²) in [7, 11) is 1.39. The van der Waals surface area contributed by atoms with Crippen LogP contribution in [0.5, 0.6) is 0 Å². The minimum Gasteiger partial charge on any atom is -0.480 e. The van der Waals surface area contributed by atoms with Crippen LogP contribution in [0.2, 0.25) is 0 Å². The molecule has 10 heteroatoms. The van der Waals surface area contributed by atoms with E-state index < -0.39 is 37.0 Å². The van der Waals surface area contributed by atoms with Gasteiger partial charge in [0.1, 0.15) is 0 Å². The summed E-state index contributed by atoms with van der Waals surface area (Å²) in [5.41, 5.74) is 10.3. The molecule has 21 heavy (non-hydrogen) atoms. The van der Waals surface area contributed by atoms with Crippen molar-refractivity contribution in [2.45, 2.75) is 18.9 Å². The Morgan fingerprint density at radius 1 is 1.19 bits per heavy atom. The van der Waals surface area contributed by atoms with Crippen molar-refractivity contribution in [2.75, 3.05) is 26.7 Å². The Bertz CT molecular complexity index is 392. The molecular weight excluding hydrogens is 282 g/mol. The minimum absolute atomic E-state index is 0.0839. The van der Waals surface area contributed by atoms with E-state index in [1.54, 1.807) is 0 Å². The molecule has 120 valence electrons. The molecule has 0 fully saturated rings. The second-order valence-corrected chi connectivity index (χ2v) is 4.27. The molecule has 0 rings (SSSR count). The molecule has 0 heterocycles. The Hall–Kier alpha value is -2.36. The van der Waals surface area contributed by atoms with Crippen molar-refractivity contribution in [1.82, 2.24) is 10.2 Å². The van der Waals surface area contributed by atoms with Gasteiger partial charge in [0.05, 0.1) is 19.1 Å². The van der Waals surface area contributed by atoms with Crippen LogP contribution in [0.25, 0.3) is 0 Å². The molecular formula is C11H21N5O5. The fourth-order valence-corrected chi connectivity index (χ4v) is 1.76. The van der Waals surface area contributed by atoms with E-state index in [1.165, 1.54) is 7.05 Å². The zero-order valence-corrected chi connectivity index (χ0v) is 11.8. The summed E-state index contributed by atoms with van der Waals surface area (Å²) in [5, 5.41) is 20.0. The van der Waals surface area contributed by atoms with Crippen LogP contribution < -0.4 is 16.8 Å². The molecule has 10 nitrogen and oxygen atoms in total. The molecule has 0 spiro atoms. The average Bonchev–Trinajstić information content (AvgIpc) is 2.35. The topological polar surface area (TPSA) is 171 Å². The van der Waals surface area contributed by atoms with E-state index in [4.69, 9.17) is 21.7 Å². The average molecular weight is 303 g/mol. The maximum absolute atomic E-state index is 11.8. The van der Waals surface area contributed by atoms with Crippen LogP contribution in [0.1, 0.15) is 12.8 Å². The highest BCUT2D eigenvalue weighted by Crippen LogP contribution is 2.08. The lowest BCUT2D eigenvalue weighted by Crippen LogP contribution is -2.49. The highest BCUT2D eigenvalue weighted by atomic mass is 16.4.